The van der Waals surface area contributed by atoms with Crippen LogP contribution >= 0.6 is 0 Å². The number of nitrogens with zero attached hydrogens (tertiary/aromatic N) is 1. The smallest absolute Gasteiger partial charge is 0.351 e. The van der Waals surface area contributed by atoms with Gasteiger partial charge in [0.2, 0.25) is 0 Å². The Bertz CT molecular complexity index is 325. The lowest BCUT2D eigenvalue weighted by atomic mass is 10.1. The Hall–Kier alpha value is -1.43. The maximum atomic E-state index is 11.7. The van der Waals surface area contributed by atoms with Gasteiger partial charge >= 0.3 is 11.9 Å². The van der Waals surface area contributed by atoms with Crippen LogP contribution in [-0.4, -0.2) is 36.3 Å². The van der Waals surface area contributed by atoms with Crippen LogP contribution in [0.4, 0.5) is 0 Å². The van der Waals surface area contributed by atoms with Crippen molar-refractivity contribution < 1.29 is 19.2 Å². The van der Waals surface area contributed by atoms with Crippen LogP contribution in [-0.2, 0) is 19.2 Å². The van der Waals surface area contributed by atoms with Crippen molar-refractivity contribution in [3.63, 3.8) is 0 Å². The maximum Gasteiger partial charge on any atom is 0.351 e. The van der Waals surface area contributed by atoms with Gasteiger partial charge in [-0.25, -0.2) is 4.79 Å². The molecular formula is C13H24N2O4. The fourth-order valence-corrected chi connectivity index (χ4v) is 1.39. The summed E-state index contributed by atoms with van der Waals surface area (Å²) in [6.07, 6.45) is 1.41. The summed E-state index contributed by atoms with van der Waals surface area (Å²) in [5.74, 6) is -0.870. The second kappa shape index (κ2) is 9.49. The highest BCUT2D eigenvalue weighted by molar-refractivity contribution is 5.82. The lowest BCUT2D eigenvalue weighted by Crippen LogP contribution is -2.46. The van der Waals surface area contributed by atoms with Crippen molar-refractivity contribution in [3.8, 4) is 0 Å². The summed E-state index contributed by atoms with van der Waals surface area (Å²) >= 11 is 0. The first-order chi connectivity index (χ1) is 8.92. The van der Waals surface area contributed by atoms with Crippen molar-refractivity contribution in [2.45, 2.75) is 59.5 Å². The molecule has 0 rings (SSSR count). The lowest BCUT2D eigenvalue weighted by molar-refractivity contribution is -0.149. The number of carbonyl (C=O) groups is 2. The summed E-state index contributed by atoms with van der Waals surface area (Å²) in [5, 5.41) is 6.50. The van der Waals surface area contributed by atoms with Crippen molar-refractivity contribution in [2.75, 3.05) is 6.61 Å². The van der Waals surface area contributed by atoms with E-state index in [4.69, 9.17) is 9.57 Å². The zero-order chi connectivity index (χ0) is 14.8. The van der Waals surface area contributed by atoms with Crippen LogP contribution in [0, 0.1) is 0 Å². The van der Waals surface area contributed by atoms with Crippen LogP contribution in [0.25, 0.3) is 0 Å². The molecule has 0 fully saturated rings. The molecule has 0 bridgehead atoms. The van der Waals surface area contributed by atoms with E-state index < -0.39 is 18.1 Å². The third-order valence-corrected chi connectivity index (χ3v) is 2.27. The highest BCUT2D eigenvalue weighted by atomic mass is 16.7. The quantitative estimate of drug-likeness (QED) is 0.314. The summed E-state index contributed by atoms with van der Waals surface area (Å²) in [6, 6.07) is -1.12. The van der Waals surface area contributed by atoms with Gasteiger partial charge < -0.3 is 9.57 Å². The van der Waals surface area contributed by atoms with Crippen molar-refractivity contribution in [1.82, 2.24) is 5.32 Å². The first kappa shape index (κ1) is 17.6. The number of oxime groups is 1. The van der Waals surface area contributed by atoms with Gasteiger partial charge in [0.15, 0.2) is 0 Å². The number of esters is 1. The summed E-state index contributed by atoms with van der Waals surface area (Å²) in [5.41, 5.74) is 0.649. The first-order valence-corrected chi connectivity index (χ1v) is 6.57. The Balaban J connectivity index is 4.44. The Kier molecular flexibility index (Phi) is 8.78. The molecule has 6 heteroatoms. The van der Waals surface area contributed by atoms with Crippen LogP contribution in [0.2, 0.25) is 0 Å². The molecule has 0 heterocycles. The van der Waals surface area contributed by atoms with E-state index in [9.17, 15) is 9.59 Å². The van der Waals surface area contributed by atoms with Gasteiger partial charge in [-0.1, -0.05) is 18.5 Å². The zero-order valence-electron chi connectivity index (χ0n) is 12.4. The summed E-state index contributed by atoms with van der Waals surface area (Å²) < 4.78 is 4.95. The molecule has 19 heavy (non-hydrogen) atoms. The van der Waals surface area contributed by atoms with Crippen molar-refractivity contribution in [2.24, 2.45) is 5.16 Å². The van der Waals surface area contributed by atoms with Crippen LogP contribution in [0.3, 0.4) is 0 Å². The third kappa shape index (κ3) is 7.56. The standard InChI is InChI=1S/C13H24N2O4/c1-6-8-11(13(17)18-7-2)14-10(5)12(16)19-15-9(3)4/h10-11,14H,6-8H2,1-5H3. The van der Waals surface area contributed by atoms with E-state index in [1.54, 1.807) is 27.7 Å². The molecule has 0 saturated carbocycles. The molecular weight excluding hydrogens is 248 g/mol. The summed E-state index contributed by atoms with van der Waals surface area (Å²) in [7, 11) is 0. The summed E-state index contributed by atoms with van der Waals surface area (Å²) in [4.78, 5) is 28.0. The minimum atomic E-state index is -0.621. The molecule has 0 aromatic heterocycles. The highest BCUT2D eigenvalue weighted by Crippen LogP contribution is 2.02. The normalized spacial score (nSPS) is 13.3. The van der Waals surface area contributed by atoms with E-state index in [0.29, 0.717) is 18.7 Å². The fraction of sp³-hybridized carbons (Fsp3) is 0.769. The molecule has 2 atom stereocenters. The van der Waals surface area contributed by atoms with E-state index in [1.807, 2.05) is 6.92 Å². The number of rotatable bonds is 8. The second-order valence-corrected chi connectivity index (χ2v) is 4.43. The largest absolute Gasteiger partial charge is 0.465 e. The fourth-order valence-electron chi connectivity index (χ4n) is 1.39. The molecule has 2 unspecified atom stereocenters. The third-order valence-electron chi connectivity index (χ3n) is 2.27. The van der Waals surface area contributed by atoms with Crippen LogP contribution < -0.4 is 5.32 Å². The van der Waals surface area contributed by atoms with Crippen molar-refractivity contribution >= 4 is 17.7 Å². The molecule has 0 radical (unpaired) electrons. The van der Waals surface area contributed by atoms with Crippen LogP contribution in [0.1, 0.15) is 47.5 Å². The number of ether oxygens (including phenoxy) is 1. The Morgan fingerprint density at radius 2 is 1.84 bits per heavy atom. The van der Waals surface area contributed by atoms with Gasteiger partial charge in [-0.2, -0.15) is 0 Å². The van der Waals surface area contributed by atoms with Gasteiger partial charge in [-0.15, -0.1) is 0 Å². The van der Waals surface area contributed by atoms with E-state index in [1.165, 1.54) is 0 Å². The first-order valence-electron chi connectivity index (χ1n) is 6.57. The molecule has 0 aromatic carbocycles. The molecule has 0 saturated heterocycles. The van der Waals surface area contributed by atoms with E-state index >= 15 is 0 Å². The number of carbonyl (C=O) groups excluding carboxylic acids is 2. The molecule has 110 valence electrons. The predicted molar refractivity (Wildman–Crippen MR) is 72.8 cm³/mol. The molecule has 1 N–H and O–H groups in total. The van der Waals surface area contributed by atoms with Gasteiger partial charge in [0.1, 0.15) is 12.1 Å². The Labute approximate surface area is 114 Å². The van der Waals surface area contributed by atoms with Gasteiger partial charge in [-0.05, 0) is 34.1 Å². The average molecular weight is 272 g/mol. The molecule has 6 nitrogen and oxygen atoms in total. The predicted octanol–water partition coefficient (Wildman–Crippen LogP) is 1.64. The van der Waals surface area contributed by atoms with Crippen LogP contribution in [0.15, 0.2) is 5.16 Å². The van der Waals surface area contributed by atoms with E-state index in [-0.39, 0.29) is 5.97 Å². The number of hydrogen-bond donors (Lipinski definition) is 1. The minimum Gasteiger partial charge on any atom is -0.465 e. The van der Waals surface area contributed by atoms with Gasteiger partial charge in [0.25, 0.3) is 0 Å². The number of nitrogens with one attached hydrogen (secondary N) is 1. The average Bonchev–Trinajstić information content (AvgIpc) is 2.35. The maximum absolute atomic E-state index is 11.7. The van der Waals surface area contributed by atoms with Gasteiger partial charge in [0.05, 0.1) is 12.3 Å². The SMILES string of the molecule is CCCC(NC(C)C(=O)ON=C(C)C)C(=O)OCC. The van der Waals surface area contributed by atoms with E-state index in [2.05, 4.69) is 10.5 Å². The zero-order valence-corrected chi connectivity index (χ0v) is 12.4. The lowest BCUT2D eigenvalue weighted by Gasteiger charge is -2.19. The van der Waals surface area contributed by atoms with Crippen molar-refractivity contribution in [3.05, 3.63) is 0 Å². The Morgan fingerprint density at radius 1 is 1.21 bits per heavy atom. The highest BCUT2D eigenvalue weighted by Gasteiger charge is 2.24. The molecule has 0 aliphatic rings. The molecule has 0 aromatic rings. The van der Waals surface area contributed by atoms with Gasteiger partial charge in [0, 0.05) is 0 Å². The van der Waals surface area contributed by atoms with E-state index in [0.717, 1.165) is 6.42 Å². The Morgan fingerprint density at radius 3 is 2.32 bits per heavy atom. The number of hydrogen-bond acceptors (Lipinski definition) is 6. The molecule has 0 amide bonds. The molecule has 0 spiro atoms. The molecule has 0 aliphatic carbocycles. The van der Waals surface area contributed by atoms with Gasteiger partial charge in [-0.3, -0.25) is 10.1 Å². The van der Waals surface area contributed by atoms with Crippen molar-refractivity contribution in [1.29, 1.82) is 0 Å². The van der Waals surface area contributed by atoms with Crippen LogP contribution in [0.5, 0.6) is 0 Å². The topological polar surface area (TPSA) is 77.0 Å². The minimum absolute atomic E-state index is 0.318. The second-order valence-electron chi connectivity index (χ2n) is 4.43. The summed E-state index contributed by atoms with van der Waals surface area (Å²) in [6.45, 7) is 9.11. The molecule has 0 aliphatic heterocycles. The monoisotopic (exact) mass is 272 g/mol.